The Kier molecular flexibility index (Phi) is 4.25. The molecule has 0 saturated carbocycles. The zero-order valence-electron chi connectivity index (χ0n) is 14.6. The second-order valence-corrected chi connectivity index (χ2v) is 6.69. The molecule has 2 fully saturated rings. The second kappa shape index (κ2) is 6.58. The lowest BCUT2D eigenvalue weighted by molar-refractivity contribution is -0.145. The van der Waals surface area contributed by atoms with Gasteiger partial charge in [0.2, 0.25) is 0 Å². The van der Waals surface area contributed by atoms with Crippen LogP contribution in [-0.2, 0) is 21.3 Å². The standard InChI is InChI=1S/C17H21N5O4/c1-20-8-13(7-19-20)22-11-17(26-9-15(22)23)10-21(5-6-25-12-17)16(24)14-3-2-4-18-14/h2-4,7-8,18H,5-6,9-12H2,1H3/t17-/m1/s1. The van der Waals surface area contributed by atoms with E-state index in [4.69, 9.17) is 9.47 Å². The number of carbonyl (C=O) groups is 2. The Hall–Kier alpha value is -2.65. The normalized spacial score (nSPS) is 24.1. The molecule has 1 spiro atoms. The quantitative estimate of drug-likeness (QED) is 0.816. The zero-order valence-corrected chi connectivity index (χ0v) is 14.6. The van der Waals surface area contributed by atoms with Crippen LogP contribution in [0.5, 0.6) is 0 Å². The number of H-pyrrole nitrogens is 1. The van der Waals surface area contributed by atoms with Crippen LogP contribution in [0.25, 0.3) is 0 Å². The Morgan fingerprint density at radius 2 is 2.27 bits per heavy atom. The zero-order chi connectivity index (χ0) is 18.1. The molecule has 1 N–H and O–H groups in total. The highest BCUT2D eigenvalue weighted by atomic mass is 16.6. The lowest BCUT2D eigenvalue weighted by Crippen LogP contribution is -2.61. The van der Waals surface area contributed by atoms with Gasteiger partial charge in [0.25, 0.3) is 11.8 Å². The SMILES string of the molecule is Cn1cc(N2C[C@]3(COCCN(C(=O)c4ccc[nH]4)C3)OCC2=O)cn1. The molecule has 0 unspecified atom stereocenters. The Morgan fingerprint density at radius 1 is 1.38 bits per heavy atom. The maximum absolute atomic E-state index is 12.7. The predicted molar refractivity (Wildman–Crippen MR) is 91.8 cm³/mol. The summed E-state index contributed by atoms with van der Waals surface area (Å²) in [6.45, 7) is 1.84. The summed E-state index contributed by atoms with van der Waals surface area (Å²) in [5, 5.41) is 4.14. The Morgan fingerprint density at radius 3 is 3.00 bits per heavy atom. The van der Waals surface area contributed by atoms with Crippen molar-refractivity contribution in [1.29, 1.82) is 0 Å². The third-order valence-corrected chi connectivity index (χ3v) is 4.72. The van der Waals surface area contributed by atoms with Crippen LogP contribution in [0, 0.1) is 0 Å². The van der Waals surface area contributed by atoms with Crippen molar-refractivity contribution in [3.8, 4) is 0 Å². The first kappa shape index (κ1) is 16.8. The number of nitrogens with one attached hydrogen (secondary N) is 1. The average molecular weight is 359 g/mol. The van der Waals surface area contributed by atoms with Crippen LogP contribution in [0.15, 0.2) is 30.7 Å². The molecule has 9 heteroatoms. The van der Waals surface area contributed by atoms with E-state index in [-0.39, 0.29) is 18.4 Å². The Labute approximate surface area is 150 Å². The van der Waals surface area contributed by atoms with Gasteiger partial charge in [-0.15, -0.1) is 0 Å². The third-order valence-electron chi connectivity index (χ3n) is 4.72. The molecule has 138 valence electrons. The van der Waals surface area contributed by atoms with E-state index in [1.54, 1.807) is 52.3 Å². The van der Waals surface area contributed by atoms with Crippen molar-refractivity contribution in [3.05, 3.63) is 36.4 Å². The number of aromatic amines is 1. The van der Waals surface area contributed by atoms with Crippen molar-refractivity contribution in [2.24, 2.45) is 7.05 Å². The monoisotopic (exact) mass is 359 g/mol. The van der Waals surface area contributed by atoms with Gasteiger partial charge in [0.1, 0.15) is 17.9 Å². The minimum absolute atomic E-state index is 0.0528. The molecule has 0 aromatic carbocycles. The number of amides is 2. The third kappa shape index (κ3) is 3.11. The summed E-state index contributed by atoms with van der Waals surface area (Å²) < 4.78 is 13.3. The van der Waals surface area contributed by atoms with E-state index in [0.717, 1.165) is 0 Å². The van der Waals surface area contributed by atoms with Crippen LogP contribution in [0.3, 0.4) is 0 Å². The average Bonchev–Trinajstić information content (AvgIpc) is 3.27. The van der Waals surface area contributed by atoms with Gasteiger partial charge in [0, 0.05) is 26.0 Å². The van der Waals surface area contributed by atoms with E-state index in [2.05, 4.69) is 10.1 Å². The maximum atomic E-state index is 12.7. The summed E-state index contributed by atoms with van der Waals surface area (Å²) in [6, 6.07) is 3.53. The first-order valence-corrected chi connectivity index (χ1v) is 8.50. The molecule has 0 bridgehead atoms. The lowest BCUT2D eigenvalue weighted by atomic mass is 10.0. The summed E-state index contributed by atoms with van der Waals surface area (Å²) >= 11 is 0. The number of ether oxygens (including phenoxy) is 2. The molecule has 9 nitrogen and oxygen atoms in total. The first-order chi connectivity index (χ1) is 12.6. The van der Waals surface area contributed by atoms with Crippen molar-refractivity contribution < 1.29 is 19.1 Å². The van der Waals surface area contributed by atoms with Gasteiger partial charge >= 0.3 is 0 Å². The van der Waals surface area contributed by atoms with Crippen LogP contribution in [-0.4, -0.2) is 76.5 Å². The summed E-state index contributed by atoms with van der Waals surface area (Å²) in [7, 11) is 1.80. The van der Waals surface area contributed by atoms with Gasteiger partial charge in [-0.05, 0) is 12.1 Å². The van der Waals surface area contributed by atoms with Gasteiger partial charge in [0.05, 0.1) is 38.2 Å². The summed E-state index contributed by atoms with van der Waals surface area (Å²) in [6.07, 6.45) is 5.16. The van der Waals surface area contributed by atoms with Gasteiger partial charge < -0.3 is 24.3 Å². The first-order valence-electron chi connectivity index (χ1n) is 8.50. The fourth-order valence-corrected chi connectivity index (χ4v) is 3.39. The molecular weight excluding hydrogens is 338 g/mol. The highest BCUT2D eigenvalue weighted by Gasteiger charge is 2.44. The lowest BCUT2D eigenvalue weighted by Gasteiger charge is -2.42. The van der Waals surface area contributed by atoms with E-state index < -0.39 is 5.60 Å². The van der Waals surface area contributed by atoms with Crippen molar-refractivity contribution in [3.63, 3.8) is 0 Å². The fourth-order valence-electron chi connectivity index (χ4n) is 3.39. The van der Waals surface area contributed by atoms with Crippen molar-refractivity contribution in [1.82, 2.24) is 19.7 Å². The fraction of sp³-hybridized carbons (Fsp3) is 0.471. The molecule has 2 amide bonds. The topological polar surface area (TPSA) is 92.7 Å². The molecule has 4 heterocycles. The van der Waals surface area contributed by atoms with Crippen LogP contribution in [0.1, 0.15) is 10.5 Å². The summed E-state index contributed by atoms with van der Waals surface area (Å²) in [4.78, 5) is 31.4. The Balaban J connectivity index is 1.57. The Bertz CT molecular complexity index is 802. The molecule has 0 aliphatic carbocycles. The van der Waals surface area contributed by atoms with Crippen molar-refractivity contribution in [2.75, 3.05) is 44.4 Å². The van der Waals surface area contributed by atoms with E-state index in [1.807, 2.05) is 0 Å². The number of hydrogen-bond donors (Lipinski definition) is 1. The van der Waals surface area contributed by atoms with Crippen molar-refractivity contribution in [2.45, 2.75) is 5.60 Å². The number of morpholine rings is 1. The van der Waals surface area contributed by atoms with Crippen molar-refractivity contribution >= 4 is 17.5 Å². The van der Waals surface area contributed by atoms with Gasteiger partial charge in [-0.1, -0.05) is 0 Å². The molecule has 26 heavy (non-hydrogen) atoms. The highest BCUT2D eigenvalue weighted by Crippen LogP contribution is 2.27. The van der Waals surface area contributed by atoms with Crippen LogP contribution < -0.4 is 4.90 Å². The number of hydrogen-bond acceptors (Lipinski definition) is 5. The number of aromatic nitrogens is 3. The minimum Gasteiger partial charge on any atom is -0.376 e. The van der Waals surface area contributed by atoms with E-state index in [9.17, 15) is 9.59 Å². The highest BCUT2D eigenvalue weighted by molar-refractivity contribution is 5.95. The number of nitrogens with zero attached hydrogens (tertiary/aromatic N) is 4. The molecule has 2 aliphatic heterocycles. The van der Waals surface area contributed by atoms with E-state index >= 15 is 0 Å². The molecule has 2 aliphatic rings. The number of rotatable bonds is 2. The van der Waals surface area contributed by atoms with Gasteiger partial charge in [0.15, 0.2) is 0 Å². The summed E-state index contributed by atoms with van der Waals surface area (Å²) in [5.41, 5.74) is 0.479. The molecule has 2 saturated heterocycles. The maximum Gasteiger partial charge on any atom is 0.270 e. The molecule has 2 aromatic heterocycles. The molecular formula is C17H21N5O4. The van der Waals surface area contributed by atoms with Gasteiger partial charge in [-0.25, -0.2) is 0 Å². The van der Waals surface area contributed by atoms with Crippen LogP contribution in [0.4, 0.5) is 5.69 Å². The van der Waals surface area contributed by atoms with E-state index in [1.165, 1.54) is 0 Å². The molecule has 0 radical (unpaired) electrons. The minimum atomic E-state index is -0.761. The largest absolute Gasteiger partial charge is 0.376 e. The molecule has 2 aromatic rings. The van der Waals surface area contributed by atoms with Crippen LogP contribution >= 0.6 is 0 Å². The molecule has 1 atom stereocenters. The van der Waals surface area contributed by atoms with Gasteiger partial charge in [-0.2, -0.15) is 5.10 Å². The number of aryl methyl sites for hydroxylation is 1. The van der Waals surface area contributed by atoms with Crippen LogP contribution in [0.2, 0.25) is 0 Å². The molecule has 4 rings (SSSR count). The van der Waals surface area contributed by atoms with Gasteiger partial charge in [-0.3, -0.25) is 14.3 Å². The predicted octanol–water partition coefficient (Wildman–Crippen LogP) is 0.0228. The second-order valence-electron chi connectivity index (χ2n) is 6.69. The summed E-state index contributed by atoms with van der Waals surface area (Å²) in [5.74, 6) is -0.233. The number of anilines is 1. The smallest absolute Gasteiger partial charge is 0.270 e. The number of carbonyl (C=O) groups excluding carboxylic acids is 2. The van der Waals surface area contributed by atoms with E-state index in [0.29, 0.717) is 44.2 Å².